The third-order valence-corrected chi connectivity index (χ3v) is 6.21. The van der Waals surface area contributed by atoms with Crippen molar-refractivity contribution in [1.29, 1.82) is 0 Å². The van der Waals surface area contributed by atoms with Gasteiger partial charge in [0.25, 0.3) is 0 Å². The van der Waals surface area contributed by atoms with Crippen molar-refractivity contribution in [1.82, 2.24) is 10.3 Å². The van der Waals surface area contributed by atoms with Crippen LogP contribution in [0.2, 0.25) is 0 Å². The number of fused-ring (bicyclic) bond motifs is 1. The lowest BCUT2D eigenvalue weighted by Crippen LogP contribution is -2.43. The number of nitrogens with one attached hydrogen (secondary N) is 1. The highest BCUT2D eigenvalue weighted by Gasteiger charge is 2.35. The number of ether oxygens (including phenoxy) is 2. The highest BCUT2D eigenvalue weighted by molar-refractivity contribution is 5.83. The van der Waals surface area contributed by atoms with Crippen molar-refractivity contribution in [2.24, 2.45) is 0 Å². The maximum atomic E-state index is 13.5. The summed E-state index contributed by atoms with van der Waals surface area (Å²) in [7, 11) is 1.63. The van der Waals surface area contributed by atoms with Crippen molar-refractivity contribution in [3.63, 3.8) is 0 Å². The maximum Gasteiger partial charge on any atom is 0.213 e. The largest absolute Gasteiger partial charge is 0.481 e. The third kappa shape index (κ3) is 4.18. The van der Waals surface area contributed by atoms with Gasteiger partial charge in [-0.05, 0) is 69.6 Å². The molecule has 0 amide bonds. The van der Waals surface area contributed by atoms with Gasteiger partial charge in [-0.15, -0.1) is 0 Å². The van der Waals surface area contributed by atoms with E-state index in [1.807, 2.05) is 24.3 Å². The SMILES string of the molecule is COc1ccc2cc(C)cc(C(C)OCC3(c4ccc(F)cc4)CCNCC3)c2n1. The summed E-state index contributed by atoms with van der Waals surface area (Å²) in [4.78, 5) is 4.68. The zero-order valence-corrected chi connectivity index (χ0v) is 17.9. The smallest absolute Gasteiger partial charge is 0.213 e. The normalized spacial score (nSPS) is 17.1. The molecule has 3 aromatic rings. The molecule has 1 aliphatic heterocycles. The van der Waals surface area contributed by atoms with Gasteiger partial charge in [-0.1, -0.05) is 23.8 Å². The topological polar surface area (TPSA) is 43.4 Å². The standard InChI is InChI=1S/C25H29FN2O2/c1-17-14-19-4-9-23(29-3)28-24(19)22(15-17)18(2)30-16-25(10-12-27-13-11-25)20-5-7-21(26)8-6-20/h4-9,14-15,18,27H,10-13,16H2,1-3H3. The Kier molecular flexibility index (Phi) is 6.02. The van der Waals surface area contributed by atoms with E-state index in [0.717, 1.165) is 48.0 Å². The summed E-state index contributed by atoms with van der Waals surface area (Å²) in [5.74, 6) is 0.393. The highest BCUT2D eigenvalue weighted by Crippen LogP contribution is 2.36. The summed E-state index contributed by atoms with van der Waals surface area (Å²) >= 11 is 0. The Morgan fingerprint density at radius 1 is 1.10 bits per heavy atom. The van der Waals surface area contributed by atoms with Gasteiger partial charge < -0.3 is 14.8 Å². The highest BCUT2D eigenvalue weighted by atomic mass is 19.1. The second-order valence-corrected chi connectivity index (χ2v) is 8.27. The first-order valence-electron chi connectivity index (χ1n) is 10.5. The van der Waals surface area contributed by atoms with Gasteiger partial charge in [0.15, 0.2) is 0 Å². The summed E-state index contributed by atoms with van der Waals surface area (Å²) in [5.41, 5.74) is 4.18. The van der Waals surface area contributed by atoms with E-state index in [1.165, 1.54) is 5.56 Å². The van der Waals surface area contributed by atoms with Gasteiger partial charge in [-0.2, -0.15) is 0 Å². The van der Waals surface area contributed by atoms with Gasteiger partial charge >= 0.3 is 0 Å². The molecule has 1 aliphatic rings. The molecule has 1 fully saturated rings. The third-order valence-electron chi connectivity index (χ3n) is 6.21. The van der Waals surface area contributed by atoms with Crippen LogP contribution >= 0.6 is 0 Å². The van der Waals surface area contributed by atoms with Crippen LogP contribution in [0.1, 0.15) is 42.6 Å². The molecule has 158 valence electrons. The molecule has 4 nitrogen and oxygen atoms in total. The first-order chi connectivity index (χ1) is 14.5. The maximum absolute atomic E-state index is 13.5. The lowest BCUT2D eigenvalue weighted by molar-refractivity contribution is 0.0172. The first kappa shape index (κ1) is 20.8. The van der Waals surface area contributed by atoms with E-state index in [2.05, 4.69) is 36.3 Å². The lowest BCUT2D eigenvalue weighted by Gasteiger charge is -2.39. The van der Waals surface area contributed by atoms with E-state index < -0.39 is 0 Å². The molecule has 0 radical (unpaired) electrons. The molecular weight excluding hydrogens is 379 g/mol. The Hall–Kier alpha value is -2.50. The lowest BCUT2D eigenvalue weighted by atomic mass is 9.74. The number of rotatable bonds is 6. The van der Waals surface area contributed by atoms with E-state index in [9.17, 15) is 4.39 Å². The Bertz CT molecular complexity index is 1010. The molecule has 1 N–H and O–H groups in total. The van der Waals surface area contributed by atoms with E-state index in [-0.39, 0.29) is 17.3 Å². The molecule has 4 rings (SSSR count). The van der Waals surface area contributed by atoms with Gasteiger partial charge in [0.2, 0.25) is 5.88 Å². The van der Waals surface area contributed by atoms with E-state index >= 15 is 0 Å². The predicted octanol–water partition coefficient (Wildman–Crippen LogP) is 5.09. The van der Waals surface area contributed by atoms with Crippen LogP contribution in [0, 0.1) is 12.7 Å². The second kappa shape index (κ2) is 8.70. The molecule has 1 atom stereocenters. The average Bonchev–Trinajstić information content (AvgIpc) is 2.77. The Morgan fingerprint density at radius 3 is 2.53 bits per heavy atom. The summed E-state index contributed by atoms with van der Waals surface area (Å²) in [6, 6.07) is 15.1. The summed E-state index contributed by atoms with van der Waals surface area (Å²) < 4.78 is 25.3. The number of aromatic nitrogens is 1. The van der Waals surface area contributed by atoms with Crippen LogP contribution in [0.4, 0.5) is 4.39 Å². The van der Waals surface area contributed by atoms with Crippen LogP contribution < -0.4 is 10.1 Å². The van der Waals surface area contributed by atoms with Crippen LogP contribution in [0.15, 0.2) is 48.5 Å². The molecule has 2 aromatic carbocycles. The van der Waals surface area contributed by atoms with Crippen LogP contribution in [0.5, 0.6) is 5.88 Å². The van der Waals surface area contributed by atoms with Gasteiger partial charge in [0, 0.05) is 22.4 Å². The molecule has 1 unspecified atom stereocenters. The fraction of sp³-hybridized carbons (Fsp3) is 0.400. The fourth-order valence-corrected chi connectivity index (χ4v) is 4.42. The Labute approximate surface area is 177 Å². The molecule has 0 aliphatic carbocycles. The molecule has 5 heteroatoms. The number of benzene rings is 2. The molecule has 1 aromatic heterocycles. The molecule has 0 spiro atoms. The van der Waals surface area contributed by atoms with Crippen molar-refractivity contribution >= 4 is 10.9 Å². The molecule has 1 saturated heterocycles. The number of aryl methyl sites for hydroxylation is 1. The average molecular weight is 409 g/mol. The number of hydrogen-bond acceptors (Lipinski definition) is 4. The van der Waals surface area contributed by atoms with Crippen molar-refractivity contribution < 1.29 is 13.9 Å². The van der Waals surface area contributed by atoms with Crippen LogP contribution in [0.25, 0.3) is 10.9 Å². The van der Waals surface area contributed by atoms with E-state index in [0.29, 0.717) is 12.5 Å². The van der Waals surface area contributed by atoms with E-state index in [4.69, 9.17) is 9.47 Å². The summed E-state index contributed by atoms with van der Waals surface area (Å²) in [6.07, 6.45) is 1.80. The molecule has 30 heavy (non-hydrogen) atoms. The summed E-state index contributed by atoms with van der Waals surface area (Å²) in [6.45, 7) is 6.62. The number of methoxy groups -OCH3 is 1. The quantitative estimate of drug-likeness (QED) is 0.617. The molecule has 0 saturated carbocycles. The van der Waals surface area contributed by atoms with Gasteiger partial charge in [-0.3, -0.25) is 0 Å². The number of nitrogens with zero attached hydrogens (tertiary/aromatic N) is 1. The zero-order chi connectivity index (χ0) is 21.1. The van der Waals surface area contributed by atoms with Crippen LogP contribution in [-0.4, -0.2) is 31.8 Å². The molecule has 0 bridgehead atoms. The van der Waals surface area contributed by atoms with Crippen LogP contribution in [0.3, 0.4) is 0 Å². The van der Waals surface area contributed by atoms with Gasteiger partial charge in [0.05, 0.1) is 25.3 Å². The number of hydrogen-bond donors (Lipinski definition) is 1. The van der Waals surface area contributed by atoms with Crippen molar-refractivity contribution in [3.8, 4) is 5.88 Å². The monoisotopic (exact) mass is 408 g/mol. The van der Waals surface area contributed by atoms with Gasteiger partial charge in [0.1, 0.15) is 5.82 Å². The minimum Gasteiger partial charge on any atom is -0.481 e. The van der Waals surface area contributed by atoms with Crippen molar-refractivity contribution in [2.45, 2.75) is 38.2 Å². The molecular formula is C25H29FN2O2. The Morgan fingerprint density at radius 2 is 1.83 bits per heavy atom. The number of piperidine rings is 1. The van der Waals surface area contributed by atoms with Crippen molar-refractivity contribution in [3.05, 3.63) is 71.0 Å². The number of pyridine rings is 1. The first-order valence-corrected chi connectivity index (χ1v) is 10.5. The van der Waals surface area contributed by atoms with E-state index in [1.54, 1.807) is 19.2 Å². The second-order valence-electron chi connectivity index (χ2n) is 8.27. The zero-order valence-electron chi connectivity index (χ0n) is 17.9. The summed E-state index contributed by atoms with van der Waals surface area (Å²) in [5, 5.41) is 4.51. The Balaban J connectivity index is 1.62. The molecule has 2 heterocycles. The number of halogens is 1. The minimum absolute atomic E-state index is 0.113. The predicted molar refractivity (Wildman–Crippen MR) is 118 cm³/mol. The van der Waals surface area contributed by atoms with Crippen molar-refractivity contribution in [2.75, 3.05) is 26.8 Å². The minimum atomic E-state index is -0.205. The fourth-order valence-electron chi connectivity index (χ4n) is 4.42. The van der Waals surface area contributed by atoms with Gasteiger partial charge in [-0.25, -0.2) is 9.37 Å². The van der Waals surface area contributed by atoms with Crippen LogP contribution in [-0.2, 0) is 10.2 Å².